The molecule has 0 aliphatic rings. The molecule has 0 spiro atoms. The molecule has 0 amide bonds. The summed E-state index contributed by atoms with van der Waals surface area (Å²) < 4.78 is 16.2. The topological polar surface area (TPSA) is 80.2 Å². The van der Waals surface area contributed by atoms with Gasteiger partial charge in [-0.05, 0) is 24.6 Å². The van der Waals surface area contributed by atoms with Crippen molar-refractivity contribution < 1.29 is 24.4 Å². The number of hydrogen-bond donors (Lipinski definition) is 3. The minimum absolute atomic E-state index is 0.0880. The summed E-state index contributed by atoms with van der Waals surface area (Å²) in [6.07, 6.45) is -1.39. The van der Waals surface area contributed by atoms with Crippen LogP contribution < -0.4 is 19.5 Å². The molecule has 0 aliphatic carbocycles. The van der Waals surface area contributed by atoms with Crippen LogP contribution >= 0.6 is 0 Å². The van der Waals surface area contributed by atoms with Gasteiger partial charge in [-0.1, -0.05) is 36.4 Å². The number of aliphatic hydroxyl groups is 2. The molecule has 2 aromatic rings. The SMILES string of the molecule is COc1cccc(OCC(O)CNC(C)C(O)c2ccccc2)c1OC. The molecule has 0 fully saturated rings. The maximum atomic E-state index is 10.3. The molecule has 0 aromatic heterocycles. The lowest BCUT2D eigenvalue weighted by molar-refractivity contribution is 0.0864. The van der Waals surface area contributed by atoms with E-state index in [-0.39, 0.29) is 19.2 Å². The molecule has 0 saturated carbocycles. The fourth-order valence-corrected chi connectivity index (χ4v) is 2.59. The van der Waals surface area contributed by atoms with Crippen molar-refractivity contribution in [3.05, 3.63) is 54.1 Å². The highest BCUT2D eigenvalue weighted by atomic mass is 16.5. The number of rotatable bonds is 10. The Labute approximate surface area is 154 Å². The molecule has 6 nitrogen and oxygen atoms in total. The van der Waals surface area contributed by atoms with Gasteiger partial charge in [-0.2, -0.15) is 0 Å². The summed E-state index contributed by atoms with van der Waals surface area (Å²) in [6, 6.07) is 14.5. The Morgan fingerprint density at radius 1 is 0.923 bits per heavy atom. The molecule has 142 valence electrons. The first-order valence-corrected chi connectivity index (χ1v) is 8.55. The van der Waals surface area contributed by atoms with Gasteiger partial charge in [0.05, 0.1) is 20.3 Å². The van der Waals surface area contributed by atoms with Crippen LogP contribution in [0, 0.1) is 0 Å². The van der Waals surface area contributed by atoms with Crippen LogP contribution in [0.25, 0.3) is 0 Å². The third kappa shape index (κ3) is 5.36. The highest BCUT2D eigenvalue weighted by molar-refractivity contribution is 5.51. The molecule has 2 aromatic carbocycles. The molecular weight excluding hydrogens is 334 g/mol. The molecule has 0 aliphatic heterocycles. The minimum atomic E-state index is -0.740. The first kappa shape index (κ1) is 20.0. The van der Waals surface area contributed by atoms with E-state index in [1.807, 2.05) is 37.3 Å². The normalized spacial score (nSPS) is 14.3. The molecule has 2 rings (SSSR count). The highest BCUT2D eigenvalue weighted by Crippen LogP contribution is 2.36. The maximum Gasteiger partial charge on any atom is 0.203 e. The summed E-state index contributed by atoms with van der Waals surface area (Å²) >= 11 is 0. The Hall–Kier alpha value is -2.28. The quantitative estimate of drug-likeness (QED) is 0.602. The smallest absolute Gasteiger partial charge is 0.203 e. The van der Waals surface area contributed by atoms with Crippen LogP contribution in [0.5, 0.6) is 17.2 Å². The van der Waals surface area contributed by atoms with E-state index < -0.39 is 12.2 Å². The Bertz CT molecular complexity index is 665. The van der Waals surface area contributed by atoms with Crippen LogP contribution in [0.1, 0.15) is 18.6 Å². The molecular formula is C20H27NO5. The van der Waals surface area contributed by atoms with Crippen molar-refractivity contribution in [2.45, 2.75) is 25.2 Å². The van der Waals surface area contributed by atoms with Crippen LogP contribution in [0.15, 0.2) is 48.5 Å². The fourth-order valence-electron chi connectivity index (χ4n) is 2.59. The number of nitrogens with one attached hydrogen (secondary N) is 1. The van der Waals surface area contributed by atoms with Crippen LogP contribution in [0.3, 0.4) is 0 Å². The maximum absolute atomic E-state index is 10.3. The second-order valence-corrected chi connectivity index (χ2v) is 6.01. The molecule has 0 bridgehead atoms. The van der Waals surface area contributed by atoms with Crippen molar-refractivity contribution in [3.8, 4) is 17.2 Å². The number of para-hydroxylation sites is 1. The summed E-state index contributed by atoms with van der Waals surface area (Å²) in [6.45, 7) is 2.25. The summed E-state index contributed by atoms with van der Waals surface area (Å²) in [5.74, 6) is 1.56. The number of benzene rings is 2. The van der Waals surface area contributed by atoms with Gasteiger partial charge in [0.1, 0.15) is 12.7 Å². The van der Waals surface area contributed by atoms with E-state index in [0.29, 0.717) is 17.2 Å². The van der Waals surface area contributed by atoms with Gasteiger partial charge in [0.25, 0.3) is 0 Å². The van der Waals surface area contributed by atoms with Crippen LogP contribution in [-0.4, -0.2) is 49.7 Å². The minimum Gasteiger partial charge on any atom is -0.493 e. The number of aliphatic hydroxyl groups excluding tert-OH is 2. The predicted molar refractivity (Wildman–Crippen MR) is 99.9 cm³/mol. The third-order valence-electron chi connectivity index (χ3n) is 4.09. The molecule has 26 heavy (non-hydrogen) atoms. The van der Waals surface area contributed by atoms with E-state index in [1.54, 1.807) is 25.3 Å². The van der Waals surface area contributed by atoms with E-state index in [4.69, 9.17) is 14.2 Å². The standard InChI is InChI=1S/C20H27NO5/c1-14(19(23)15-8-5-4-6-9-15)21-12-16(22)13-26-18-11-7-10-17(24-2)20(18)25-3/h4-11,14,16,19,21-23H,12-13H2,1-3H3. The lowest BCUT2D eigenvalue weighted by atomic mass is 10.0. The molecule has 3 unspecified atom stereocenters. The first-order valence-electron chi connectivity index (χ1n) is 8.55. The van der Waals surface area contributed by atoms with Gasteiger partial charge in [0.2, 0.25) is 5.75 Å². The summed E-state index contributed by atoms with van der Waals surface area (Å²) in [5, 5.41) is 23.6. The van der Waals surface area contributed by atoms with Crippen molar-refractivity contribution in [2.24, 2.45) is 0 Å². The lowest BCUT2D eigenvalue weighted by Crippen LogP contribution is -2.39. The van der Waals surface area contributed by atoms with Crippen LogP contribution in [0.2, 0.25) is 0 Å². The van der Waals surface area contributed by atoms with Crippen molar-refractivity contribution in [1.82, 2.24) is 5.32 Å². The van der Waals surface area contributed by atoms with Gasteiger partial charge in [-0.3, -0.25) is 0 Å². The van der Waals surface area contributed by atoms with Gasteiger partial charge in [-0.15, -0.1) is 0 Å². The molecule has 0 saturated heterocycles. The number of ether oxygens (including phenoxy) is 3. The largest absolute Gasteiger partial charge is 0.493 e. The van der Waals surface area contributed by atoms with Crippen molar-refractivity contribution in [2.75, 3.05) is 27.4 Å². The van der Waals surface area contributed by atoms with Crippen molar-refractivity contribution >= 4 is 0 Å². The van der Waals surface area contributed by atoms with Gasteiger partial charge in [0.15, 0.2) is 11.5 Å². The van der Waals surface area contributed by atoms with E-state index in [1.165, 1.54) is 7.11 Å². The Kier molecular flexibility index (Phi) is 7.72. The lowest BCUT2D eigenvalue weighted by Gasteiger charge is -2.22. The Morgan fingerprint density at radius 3 is 2.27 bits per heavy atom. The van der Waals surface area contributed by atoms with Crippen LogP contribution in [-0.2, 0) is 0 Å². The van der Waals surface area contributed by atoms with E-state index in [9.17, 15) is 10.2 Å². The van der Waals surface area contributed by atoms with Crippen LogP contribution in [0.4, 0.5) is 0 Å². The number of methoxy groups -OCH3 is 2. The molecule has 3 N–H and O–H groups in total. The fraction of sp³-hybridized carbons (Fsp3) is 0.400. The Balaban J connectivity index is 1.83. The molecule has 0 heterocycles. The van der Waals surface area contributed by atoms with Crippen molar-refractivity contribution in [1.29, 1.82) is 0 Å². The third-order valence-corrected chi connectivity index (χ3v) is 4.09. The van der Waals surface area contributed by atoms with Gasteiger partial charge in [0, 0.05) is 12.6 Å². The zero-order valence-electron chi connectivity index (χ0n) is 15.4. The zero-order valence-corrected chi connectivity index (χ0v) is 15.4. The first-order chi connectivity index (χ1) is 12.6. The molecule has 6 heteroatoms. The number of hydrogen-bond acceptors (Lipinski definition) is 6. The van der Waals surface area contributed by atoms with Gasteiger partial charge < -0.3 is 29.7 Å². The molecule has 3 atom stereocenters. The zero-order chi connectivity index (χ0) is 18.9. The highest BCUT2D eigenvalue weighted by Gasteiger charge is 2.18. The second kappa shape index (κ2) is 10.0. The van der Waals surface area contributed by atoms with E-state index in [2.05, 4.69) is 5.32 Å². The summed E-state index contributed by atoms with van der Waals surface area (Å²) in [7, 11) is 3.09. The average molecular weight is 361 g/mol. The second-order valence-electron chi connectivity index (χ2n) is 6.01. The van der Waals surface area contributed by atoms with Gasteiger partial charge in [-0.25, -0.2) is 0 Å². The molecule has 0 radical (unpaired) electrons. The summed E-state index contributed by atoms with van der Waals surface area (Å²) in [4.78, 5) is 0. The van der Waals surface area contributed by atoms with Crippen molar-refractivity contribution in [3.63, 3.8) is 0 Å². The average Bonchev–Trinajstić information content (AvgIpc) is 2.69. The summed E-state index contributed by atoms with van der Waals surface area (Å²) in [5.41, 5.74) is 0.833. The van der Waals surface area contributed by atoms with E-state index in [0.717, 1.165) is 5.56 Å². The van der Waals surface area contributed by atoms with Gasteiger partial charge >= 0.3 is 0 Å². The Morgan fingerprint density at radius 2 is 1.62 bits per heavy atom. The monoisotopic (exact) mass is 361 g/mol. The van der Waals surface area contributed by atoms with E-state index >= 15 is 0 Å². The predicted octanol–water partition coefficient (Wildman–Crippen LogP) is 2.16.